The highest BCUT2D eigenvalue weighted by atomic mass is 32.2. The smallest absolute Gasteiger partial charge is 0.235 e. The summed E-state index contributed by atoms with van der Waals surface area (Å²) in [5.41, 5.74) is 1.24. The Morgan fingerprint density at radius 3 is 2.50 bits per heavy atom. The molecule has 0 aliphatic carbocycles. The number of thioether (sulfide) groups is 1. The number of morpholine rings is 1. The highest BCUT2D eigenvalue weighted by Crippen LogP contribution is 2.24. The van der Waals surface area contributed by atoms with E-state index in [1.165, 1.54) is 5.56 Å². The number of carbonyl (C=O) groups is 1. The van der Waals surface area contributed by atoms with Crippen molar-refractivity contribution in [1.29, 1.82) is 0 Å². The number of ether oxygens (including phenoxy) is 1. The SMILES string of the molecule is Cc1ccc(S[C@H](C)C(=O)N2CCOCC2)cc1. The van der Waals surface area contributed by atoms with E-state index < -0.39 is 0 Å². The third kappa shape index (κ3) is 3.50. The molecule has 1 aliphatic heterocycles. The van der Waals surface area contributed by atoms with Gasteiger partial charge in [-0.15, -0.1) is 11.8 Å². The van der Waals surface area contributed by atoms with E-state index in [1.54, 1.807) is 11.8 Å². The van der Waals surface area contributed by atoms with Crippen molar-refractivity contribution in [3.05, 3.63) is 29.8 Å². The summed E-state index contributed by atoms with van der Waals surface area (Å²) in [6.07, 6.45) is 0. The molecule has 1 aliphatic rings. The molecule has 1 aromatic carbocycles. The van der Waals surface area contributed by atoms with Crippen LogP contribution in [0.1, 0.15) is 12.5 Å². The summed E-state index contributed by atoms with van der Waals surface area (Å²) in [6.45, 7) is 6.80. The number of benzene rings is 1. The van der Waals surface area contributed by atoms with Gasteiger partial charge in [0.15, 0.2) is 0 Å². The molecule has 0 radical (unpaired) electrons. The topological polar surface area (TPSA) is 29.5 Å². The van der Waals surface area contributed by atoms with Crippen LogP contribution in [-0.2, 0) is 9.53 Å². The quantitative estimate of drug-likeness (QED) is 0.786. The summed E-state index contributed by atoms with van der Waals surface area (Å²) in [5, 5.41) is -0.0363. The summed E-state index contributed by atoms with van der Waals surface area (Å²) in [6, 6.07) is 8.30. The van der Waals surface area contributed by atoms with Crippen LogP contribution in [0.2, 0.25) is 0 Å². The van der Waals surface area contributed by atoms with Gasteiger partial charge >= 0.3 is 0 Å². The number of nitrogens with zero attached hydrogens (tertiary/aromatic N) is 1. The average molecular weight is 265 g/mol. The van der Waals surface area contributed by atoms with E-state index in [9.17, 15) is 4.79 Å². The van der Waals surface area contributed by atoms with E-state index in [0.717, 1.165) is 18.0 Å². The first-order valence-electron chi connectivity index (χ1n) is 6.26. The van der Waals surface area contributed by atoms with Crippen LogP contribution in [0.3, 0.4) is 0 Å². The van der Waals surface area contributed by atoms with Gasteiger partial charge in [-0.1, -0.05) is 17.7 Å². The molecule has 3 nitrogen and oxygen atoms in total. The molecule has 1 fully saturated rings. The zero-order chi connectivity index (χ0) is 13.0. The molecule has 0 bridgehead atoms. The molecular formula is C14H19NO2S. The van der Waals surface area contributed by atoms with Gasteiger partial charge in [-0.2, -0.15) is 0 Å². The van der Waals surface area contributed by atoms with E-state index >= 15 is 0 Å². The maximum absolute atomic E-state index is 12.2. The molecule has 18 heavy (non-hydrogen) atoms. The average Bonchev–Trinajstić information content (AvgIpc) is 2.41. The molecular weight excluding hydrogens is 246 g/mol. The van der Waals surface area contributed by atoms with Crippen LogP contribution in [0.4, 0.5) is 0 Å². The highest BCUT2D eigenvalue weighted by Gasteiger charge is 2.22. The van der Waals surface area contributed by atoms with Crippen molar-refractivity contribution in [2.45, 2.75) is 24.0 Å². The first kappa shape index (κ1) is 13.4. The van der Waals surface area contributed by atoms with Crippen molar-refractivity contribution >= 4 is 17.7 Å². The lowest BCUT2D eigenvalue weighted by Gasteiger charge is -2.29. The van der Waals surface area contributed by atoms with Gasteiger partial charge in [-0.25, -0.2) is 0 Å². The van der Waals surface area contributed by atoms with Crippen molar-refractivity contribution in [1.82, 2.24) is 4.90 Å². The molecule has 1 heterocycles. The summed E-state index contributed by atoms with van der Waals surface area (Å²) >= 11 is 1.62. The lowest BCUT2D eigenvalue weighted by Crippen LogP contribution is -2.44. The van der Waals surface area contributed by atoms with Crippen LogP contribution in [0.5, 0.6) is 0 Å². The predicted molar refractivity (Wildman–Crippen MR) is 73.9 cm³/mol. The molecule has 0 spiro atoms. The minimum atomic E-state index is -0.0363. The van der Waals surface area contributed by atoms with Crippen LogP contribution in [-0.4, -0.2) is 42.4 Å². The maximum Gasteiger partial charge on any atom is 0.235 e. The lowest BCUT2D eigenvalue weighted by atomic mass is 10.2. The monoisotopic (exact) mass is 265 g/mol. The Bertz CT molecular complexity index is 399. The number of hydrogen-bond donors (Lipinski definition) is 0. The van der Waals surface area contributed by atoms with E-state index in [-0.39, 0.29) is 11.2 Å². The second-order valence-electron chi connectivity index (χ2n) is 4.51. The maximum atomic E-state index is 12.2. The number of carbonyl (C=O) groups excluding carboxylic acids is 1. The van der Waals surface area contributed by atoms with Gasteiger partial charge in [0.1, 0.15) is 0 Å². The fraction of sp³-hybridized carbons (Fsp3) is 0.500. The van der Waals surface area contributed by atoms with Gasteiger partial charge in [0, 0.05) is 18.0 Å². The second-order valence-corrected chi connectivity index (χ2v) is 5.93. The molecule has 1 atom stereocenters. The molecule has 98 valence electrons. The van der Waals surface area contributed by atoms with Crippen molar-refractivity contribution in [3.63, 3.8) is 0 Å². The molecule has 0 saturated carbocycles. The Morgan fingerprint density at radius 2 is 1.89 bits per heavy atom. The molecule has 2 rings (SSSR count). The van der Waals surface area contributed by atoms with Crippen molar-refractivity contribution in [2.24, 2.45) is 0 Å². The van der Waals surface area contributed by atoms with Crippen LogP contribution < -0.4 is 0 Å². The number of amides is 1. The fourth-order valence-corrected chi connectivity index (χ4v) is 2.86. The Kier molecular flexibility index (Phi) is 4.66. The summed E-state index contributed by atoms with van der Waals surface area (Å²) in [7, 11) is 0. The van der Waals surface area contributed by atoms with E-state index in [2.05, 4.69) is 31.2 Å². The largest absolute Gasteiger partial charge is 0.378 e. The van der Waals surface area contributed by atoms with E-state index in [0.29, 0.717) is 13.2 Å². The van der Waals surface area contributed by atoms with Crippen molar-refractivity contribution < 1.29 is 9.53 Å². The zero-order valence-corrected chi connectivity index (χ0v) is 11.7. The molecule has 0 aromatic heterocycles. The lowest BCUT2D eigenvalue weighted by molar-refractivity contribution is -0.134. The summed E-state index contributed by atoms with van der Waals surface area (Å²) < 4.78 is 5.26. The Morgan fingerprint density at radius 1 is 1.28 bits per heavy atom. The standard InChI is InChI=1S/C14H19NO2S/c1-11-3-5-13(6-4-11)18-12(2)14(16)15-7-9-17-10-8-15/h3-6,12H,7-10H2,1-2H3/t12-/m1/s1. The molecule has 0 N–H and O–H groups in total. The molecule has 4 heteroatoms. The van der Waals surface area contributed by atoms with Gasteiger partial charge in [0.25, 0.3) is 0 Å². The summed E-state index contributed by atoms with van der Waals surface area (Å²) in [5.74, 6) is 0.212. The van der Waals surface area contributed by atoms with Crippen molar-refractivity contribution in [2.75, 3.05) is 26.3 Å². The molecule has 0 unspecified atom stereocenters. The van der Waals surface area contributed by atoms with Gasteiger partial charge in [0.05, 0.1) is 18.5 Å². The fourth-order valence-electron chi connectivity index (χ4n) is 1.91. The Balaban J connectivity index is 1.92. The predicted octanol–water partition coefficient (Wildman–Crippen LogP) is 2.33. The van der Waals surface area contributed by atoms with Crippen LogP contribution in [0.25, 0.3) is 0 Å². The molecule has 1 aromatic rings. The van der Waals surface area contributed by atoms with Crippen LogP contribution in [0.15, 0.2) is 29.2 Å². The third-order valence-electron chi connectivity index (χ3n) is 3.00. The minimum Gasteiger partial charge on any atom is -0.378 e. The number of hydrogen-bond acceptors (Lipinski definition) is 3. The first-order chi connectivity index (χ1) is 8.66. The Hall–Kier alpha value is -1.00. The molecule has 1 saturated heterocycles. The van der Waals surface area contributed by atoms with Crippen LogP contribution >= 0.6 is 11.8 Å². The van der Waals surface area contributed by atoms with Crippen molar-refractivity contribution in [3.8, 4) is 0 Å². The third-order valence-corrected chi connectivity index (χ3v) is 4.10. The first-order valence-corrected chi connectivity index (χ1v) is 7.14. The highest BCUT2D eigenvalue weighted by molar-refractivity contribution is 8.00. The Labute approximate surface area is 113 Å². The van der Waals surface area contributed by atoms with Crippen LogP contribution in [0, 0.1) is 6.92 Å². The normalized spacial score (nSPS) is 17.6. The number of rotatable bonds is 3. The van der Waals surface area contributed by atoms with E-state index in [4.69, 9.17) is 4.74 Å². The summed E-state index contributed by atoms with van der Waals surface area (Å²) in [4.78, 5) is 15.3. The number of aryl methyl sites for hydroxylation is 1. The second kappa shape index (κ2) is 6.25. The molecule has 1 amide bonds. The minimum absolute atomic E-state index is 0.0363. The van der Waals surface area contributed by atoms with Gasteiger partial charge in [-0.3, -0.25) is 4.79 Å². The zero-order valence-electron chi connectivity index (χ0n) is 10.9. The van der Waals surface area contributed by atoms with E-state index in [1.807, 2.05) is 11.8 Å². The van der Waals surface area contributed by atoms with Gasteiger partial charge in [-0.05, 0) is 26.0 Å². The van der Waals surface area contributed by atoms with Gasteiger partial charge < -0.3 is 9.64 Å². The van der Waals surface area contributed by atoms with Gasteiger partial charge in [0.2, 0.25) is 5.91 Å².